The van der Waals surface area contributed by atoms with Crippen LogP contribution >= 0.6 is 23.2 Å². The molecule has 0 atom stereocenters. The molecule has 3 aromatic carbocycles. The van der Waals surface area contributed by atoms with E-state index >= 15 is 0 Å². The highest BCUT2D eigenvalue weighted by Gasteiger charge is 2.31. The molecule has 0 aliphatic heterocycles. The molecule has 0 aliphatic rings. The zero-order valence-electron chi connectivity index (χ0n) is 17.4. The fraction of sp³-hybridized carbons (Fsp3) is 0.125. The maximum atomic E-state index is 13.2. The average Bonchev–Trinajstić information content (AvgIpc) is 2.80. The fourth-order valence-corrected chi connectivity index (χ4v) is 3.30. The van der Waals surface area contributed by atoms with E-state index in [2.05, 4.69) is 5.10 Å². The summed E-state index contributed by atoms with van der Waals surface area (Å²) in [4.78, 5) is 25.0. The second kappa shape index (κ2) is 11.2. The second-order valence-corrected chi connectivity index (χ2v) is 7.83. The number of halogens is 5. The molecule has 0 unspecified atom stereocenters. The molecule has 3 rings (SSSR count). The average molecular weight is 509 g/mol. The Labute approximate surface area is 203 Å². The molecule has 0 aromatic heterocycles. The molecule has 0 saturated heterocycles. The Hall–Kier alpha value is -3.36. The molecular formula is C24H17Cl2F3N2O3. The molecule has 0 bridgehead atoms. The smallest absolute Gasteiger partial charge is 0.416 e. The Bertz CT molecular complexity index is 1200. The number of alkyl halides is 3. The number of carbonyl (C=O) groups excluding carboxylic acids is 2. The first-order chi connectivity index (χ1) is 16.1. The summed E-state index contributed by atoms with van der Waals surface area (Å²) >= 11 is 11.9. The van der Waals surface area contributed by atoms with Crippen molar-refractivity contribution in [1.82, 2.24) is 0 Å². The predicted molar refractivity (Wildman–Crippen MR) is 124 cm³/mol. The summed E-state index contributed by atoms with van der Waals surface area (Å²) in [6, 6.07) is 17.3. The molecule has 10 heteroatoms. The van der Waals surface area contributed by atoms with E-state index in [9.17, 15) is 22.8 Å². The first kappa shape index (κ1) is 25.3. The van der Waals surface area contributed by atoms with Crippen LogP contribution in [-0.2, 0) is 26.9 Å². The number of esters is 1. The lowest BCUT2D eigenvalue weighted by atomic mass is 10.1. The maximum Gasteiger partial charge on any atom is 0.416 e. The van der Waals surface area contributed by atoms with Gasteiger partial charge in [-0.15, -0.1) is 0 Å². The minimum atomic E-state index is -4.61. The van der Waals surface area contributed by atoms with Crippen molar-refractivity contribution in [2.45, 2.75) is 12.6 Å². The second-order valence-electron chi connectivity index (χ2n) is 6.98. The van der Waals surface area contributed by atoms with E-state index in [0.717, 1.165) is 23.2 Å². The van der Waals surface area contributed by atoms with E-state index in [-0.39, 0.29) is 17.1 Å². The summed E-state index contributed by atoms with van der Waals surface area (Å²) in [5, 5.41) is 5.44. The lowest BCUT2D eigenvalue weighted by molar-refractivity contribution is -0.147. The highest BCUT2D eigenvalue weighted by atomic mass is 35.5. The lowest BCUT2D eigenvalue weighted by Gasteiger charge is -2.18. The number of ether oxygens (including phenoxy) is 1. The van der Waals surface area contributed by atoms with Gasteiger partial charge in [-0.3, -0.25) is 9.59 Å². The number of hydrogen-bond acceptors (Lipinski definition) is 4. The minimum Gasteiger partial charge on any atom is -0.455 e. The fourth-order valence-electron chi connectivity index (χ4n) is 2.83. The monoisotopic (exact) mass is 508 g/mol. The summed E-state index contributed by atoms with van der Waals surface area (Å²) < 4.78 is 44.5. The summed E-state index contributed by atoms with van der Waals surface area (Å²) in [6.07, 6.45) is -3.52. The van der Waals surface area contributed by atoms with E-state index < -0.39 is 30.2 Å². The molecule has 3 aromatic rings. The predicted octanol–water partition coefficient (Wildman–Crippen LogP) is 6.17. The summed E-state index contributed by atoms with van der Waals surface area (Å²) in [5.74, 6) is -1.60. The van der Waals surface area contributed by atoms with Crippen LogP contribution in [0.4, 0.5) is 18.9 Å². The van der Waals surface area contributed by atoms with Gasteiger partial charge in [0.15, 0.2) is 6.61 Å². The lowest BCUT2D eigenvalue weighted by Crippen LogP contribution is -2.31. The van der Waals surface area contributed by atoms with Crippen LogP contribution in [0, 0.1) is 0 Å². The van der Waals surface area contributed by atoms with Crippen LogP contribution in [0.15, 0.2) is 77.9 Å². The Kier molecular flexibility index (Phi) is 8.31. The number of amides is 1. The van der Waals surface area contributed by atoms with Gasteiger partial charge in [0, 0.05) is 10.0 Å². The number of nitrogens with zero attached hydrogens (tertiary/aromatic N) is 2. The van der Waals surface area contributed by atoms with Gasteiger partial charge in [0.25, 0.3) is 5.91 Å². The number of rotatable bonds is 7. The summed E-state index contributed by atoms with van der Waals surface area (Å²) in [5.41, 5.74) is -0.0297. The third kappa shape index (κ3) is 7.07. The minimum absolute atomic E-state index is 0.135. The van der Waals surface area contributed by atoms with Gasteiger partial charge in [-0.1, -0.05) is 65.7 Å². The Morgan fingerprint density at radius 2 is 1.71 bits per heavy atom. The van der Waals surface area contributed by atoms with Crippen molar-refractivity contribution in [2.75, 3.05) is 11.6 Å². The largest absolute Gasteiger partial charge is 0.455 e. The molecule has 176 valence electrons. The first-order valence-electron chi connectivity index (χ1n) is 9.82. The standard InChI is InChI=1S/C24H17Cl2F3N2O3/c25-19-10-9-17(21(26)13-19)11-23(33)34-15-22(32)31(30-14-16-5-2-1-3-6-16)20-8-4-7-18(12-20)24(27,28)29/h1-10,12-14H,11,15H2. The maximum absolute atomic E-state index is 13.2. The number of hydrogen-bond donors (Lipinski definition) is 0. The third-order valence-corrected chi connectivity index (χ3v) is 5.07. The molecule has 5 nitrogen and oxygen atoms in total. The van der Waals surface area contributed by atoms with E-state index in [1.165, 1.54) is 18.3 Å². The zero-order chi connectivity index (χ0) is 24.7. The van der Waals surface area contributed by atoms with E-state index in [1.807, 2.05) is 0 Å². The van der Waals surface area contributed by atoms with Gasteiger partial charge in [0.2, 0.25) is 0 Å². The number of anilines is 1. The van der Waals surface area contributed by atoms with Crippen molar-refractivity contribution in [3.63, 3.8) is 0 Å². The molecule has 0 fully saturated rings. The van der Waals surface area contributed by atoms with Crippen molar-refractivity contribution < 1.29 is 27.5 Å². The molecular weight excluding hydrogens is 492 g/mol. The van der Waals surface area contributed by atoms with E-state index in [0.29, 0.717) is 16.1 Å². The van der Waals surface area contributed by atoms with Crippen molar-refractivity contribution >= 4 is 47.0 Å². The van der Waals surface area contributed by atoms with Gasteiger partial charge < -0.3 is 4.74 Å². The molecule has 34 heavy (non-hydrogen) atoms. The molecule has 0 saturated carbocycles. The number of benzene rings is 3. The van der Waals surface area contributed by atoms with Crippen LogP contribution in [0.5, 0.6) is 0 Å². The van der Waals surface area contributed by atoms with Gasteiger partial charge in [-0.25, -0.2) is 0 Å². The molecule has 1 amide bonds. The van der Waals surface area contributed by atoms with E-state index in [1.54, 1.807) is 42.5 Å². The third-order valence-electron chi connectivity index (χ3n) is 4.48. The van der Waals surface area contributed by atoms with Gasteiger partial charge >= 0.3 is 12.1 Å². The molecule has 0 N–H and O–H groups in total. The highest BCUT2D eigenvalue weighted by Crippen LogP contribution is 2.32. The summed E-state index contributed by atoms with van der Waals surface area (Å²) in [7, 11) is 0. The van der Waals surface area contributed by atoms with Crippen LogP contribution in [-0.4, -0.2) is 24.7 Å². The Morgan fingerprint density at radius 1 is 0.971 bits per heavy atom. The normalized spacial score (nSPS) is 11.4. The van der Waals surface area contributed by atoms with Crippen molar-refractivity contribution in [3.8, 4) is 0 Å². The van der Waals surface area contributed by atoms with Crippen LogP contribution in [0.3, 0.4) is 0 Å². The van der Waals surface area contributed by atoms with Gasteiger partial charge in [0.05, 0.1) is 23.9 Å². The van der Waals surface area contributed by atoms with Gasteiger partial charge in [0.1, 0.15) is 0 Å². The zero-order valence-corrected chi connectivity index (χ0v) is 18.9. The quantitative estimate of drug-likeness (QED) is 0.218. The molecule has 0 heterocycles. The van der Waals surface area contributed by atoms with Crippen LogP contribution in [0.2, 0.25) is 10.0 Å². The van der Waals surface area contributed by atoms with E-state index in [4.69, 9.17) is 27.9 Å². The highest BCUT2D eigenvalue weighted by molar-refractivity contribution is 6.35. The van der Waals surface area contributed by atoms with Crippen molar-refractivity contribution in [3.05, 3.63) is 99.5 Å². The van der Waals surface area contributed by atoms with Crippen molar-refractivity contribution in [1.29, 1.82) is 0 Å². The topological polar surface area (TPSA) is 59.0 Å². The molecule has 0 aliphatic carbocycles. The number of carbonyl (C=O) groups is 2. The SMILES string of the molecule is O=C(Cc1ccc(Cl)cc1Cl)OCC(=O)N(N=Cc1ccccc1)c1cccc(C(F)(F)F)c1. The van der Waals surface area contributed by atoms with Gasteiger partial charge in [-0.05, 0) is 41.5 Å². The number of hydrazone groups is 1. The van der Waals surface area contributed by atoms with Crippen molar-refractivity contribution in [2.24, 2.45) is 5.10 Å². The van der Waals surface area contributed by atoms with Crippen LogP contribution in [0.25, 0.3) is 0 Å². The molecule has 0 radical (unpaired) electrons. The van der Waals surface area contributed by atoms with Crippen LogP contribution < -0.4 is 5.01 Å². The van der Waals surface area contributed by atoms with Crippen LogP contribution in [0.1, 0.15) is 16.7 Å². The Balaban J connectivity index is 1.78. The van der Waals surface area contributed by atoms with Gasteiger partial charge in [-0.2, -0.15) is 23.3 Å². The Morgan fingerprint density at radius 3 is 2.38 bits per heavy atom. The first-order valence-corrected chi connectivity index (χ1v) is 10.6. The summed E-state index contributed by atoms with van der Waals surface area (Å²) in [6.45, 7) is -0.744. The molecule has 0 spiro atoms.